The lowest BCUT2D eigenvalue weighted by Gasteiger charge is -2.35. The molecule has 1 aromatic carbocycles. The quantitative estimate of drug-likeness (QED) is 0.744. The van der Waals surface area contributed by atoms with Gasteiger partial charge in [0.2, 0.25) is 5.91 Å². The van der Waals surface area contributed by atoms with E-state index in [0.29, 0.717) is 18.8 Å². The van der Waals surface area contributed by atoms with Crippen LogP contribution >= 0.6 is 0 Å². The molecule has 2 amide bonds. The maximum atomic E-state index is 12.2. The van der Waals surface area contributed by atoms with Crippen LogP contribution in [0.25, 0.3) is 0 Å². The first kappa shape index (κ1) is 18.1. The second kappa shape index (κ2) is 8.55. The number of para-hydroxylation sites is 2. The van der Waals surface area contributed by atoms with Gasteiger partial charge in [0.25, 0.3) is 5.91 Å². The summed E-state index contributed by atoms with van der Waals surface area (Å²) in [6, 6.07) is 11.1. The summed E-state index contributed by atoms with van der Waals surface area (Å²) in [4.78, 5) is 27.3. The van der Waals surface area contributed by atoms with Gasteiger partial charge in [0.15, 0.2) is 6.10 Å². The highest BCUT2D eigenvalue weighted by atomic mass is 16.5. The number of ether oxygens (including phenoxy) is 1. The Morgan fingerprint density at radius 3 is 2.64 bits per heavy atom. The molecule has 130 valence electrons. The number of rotatable bonds is 6. The summed E-state index contributed by atoms with van der Waals surface area (Å²) in [6.07, 6.45) is -0.526. The number of carbonyl (C=O) groups is 2. The normalized spacial score (nSPS) is 15.2. The fourth-order valence-electron chi connectivity index (χ4n) is 2.61. The zero-order valence-electron chi connectivity index (χ0n) is 13.9. The minimum absolute atomic E-state index is 0.118. The van der Waals surface area contributed by atoms with E-state index < -0.39 is 6.10 Å². The number of nitriles is 2. The fourth-order valence-corrected chi connectivity index (χ4v) is 2.61. The van der Waals surface area contributed by atoms with Gasteiger partial charge in [0, 0.05) is 20.0 Å². The molecule has 0 saturated carbocycles. The van der Waals surface area contributed by atoms with Crippen molar-refractivity contribution in [3.8, 4) is 17.9 Å². The largest absolute Gasteiger partial charge is 0.477 e. The third-order valence-corrected chi connectivity index (χ3v) is 3.87. The molecule has 1 heterocycles. The van der Waals surface area contributed by atoms with E-state index in [2.05, 4.69) is 5.32 Å². The van der Waals surface area contributed by atoms with Crippen molar-refractivity contribution in [2.45, 2.75) is 12.5 Å². The van der Waals surface area contributed by atoms with Gasteiger partial charge in [-0.2, -0.15) is 10.5 Å². The smallest absolute Gasteiger partial charge is 0.262 e. The lowest BCUT2D eigenvalue weighted by Crippen LogP contribution is -2.49. The summed E-state index contributed by atoms with van der Waals surface area (Å²) in [7, 11) is 1.54. The Morgan fingerprint density at radius 1 is 1.32 bits per heavy atom. The highest BCUT2D eigenvalue weighted by Crippen LogP contribution is 2.33. The summed E-state index contributed by atoms with van der Waals surface area (Å²) in [5.74, 6) is 0.0747. The molecule has 0 bridgehead atoms. The Hall–Kier alpha value is -3.26. The first-order valence-electron chi connectivity index (χ1n) is 7.84. The van der Waals surface area contributed by atoms with Gasteiger partial charge < -0.3 is 19.9 Å². The molecular weight excluding hydrogens is 322 g/mol. The summed E-state index contributed by atoms with van der Waals surface area (Å²) in [5, 5.41) is 20.1. The van der Waals surface area contributed by atoms with Crippen LogP contribution in [-0.2, 0) is 9.59 Å². The molecule has 1 aromatic rings. The number of fused-ring (bicyclic) bond motifs is 1. The molecular formula is C17H19N5O3. The molecule has 1 N–H and O–H groups in total. The molecule has 0 aliphatic carbocycles. The van der Waals surface area contributed by atoms with Gasteiger partial charge in [-0.1, -0.05) is 12.1 Å². The number of anilines is 1. The van der Waals surface area contributed by atoms with Crippen LogP contribution in [0.4, 0.5) is 5.69 Å². The molecule has 1 aliphatic rings. The average molecular weight is 341 g/mol. The van der Waals surface area contributed by atoms with Crippen molar-refractivity contribution >= 4 is 17.5 Å². The molecule has 0 saturated heterocycles. The minimum atomic E-state index is -0.663. The van der Waals surface area contributed by atoms with E-state index in [-0.39, 0.29) is 31.3 Å². The van der Waals surface area contributed by atoms with E-state index >= 15 is 0 Å². The molecule has 0 fully saturated rings. The van der Waals surface area contributed by atoms with Crippen molar-refractivity contribution in [1.29, 1.82) is 10.5 Å². The number of hydrogen-bond donors (Lipinski definition) is 1. The van der Waals surface area contributed by atoms with E-state index in [1.807, 2.05) is 35.2 Å². The number of likely N-dealkylation sites (N-methyl/N-ethyl adjacent to an activating group) is 1. The standard InChI is InChI=1S/C17H19N5O3/c1-20-17(24)15-12-22(13-4-2-3-5-14(13)25-15)9-6-16(23)21(10-7-18)11-8-19/h2-5,15H,6,9-12H2,1H3,(H,20,24). The number of amides is 2. The van der Waals surface area contributed by atoms with E-state index in [1.165, 1.54) is 4.90 Å². The van der Waals surface area contributed by atoms with Gasteiger partial charge in [-0.25, -0.2) is 0 Å². The summed E-state index contributed by atoms with van der Waals surface area (Å²) in [5.41, 5.74) is 0.808. The molecule has 1 aliphatic heterocycles. The van der Waals surface area contributed by atoms with Crippen LogP contribution < -0.4 is 15.0 Å². The average Bonchev–Trinajstić information content (AvgIpc) is 2.64. The van der Waals surface area contributed by atoms with Crippen LogP contribution in [0.15, 0.2) is 24.3 Å². The van der Waals surface area contributed by atoms with Crippen molar-refractivity contribution in [2.24, 2.45) is 0 Å². The van der Waals surface area contributed by atoms with Crippen LogP contribution in [0, 0.1) is 22.7 Å². The Kier molecular flexibility index (Phi) is 6.19. The van der Waals surface area contributed by atoms with E-state index in [0.717, 1.165) is 5.69 Å². The first-order chi connectivity index (χ1) is 12.1. The highest BCUT2D eigenvalue weighted by molar-refractivity contribution is 5.83. The van der Waals surface area contributed by atoms with Gasteiger partial charge in [0.05, 0.1) is 24.4 Å². The third-order valence-electron chi connectivity index (χ3n) is 3.87. The Morgan fingerprint density at radius 2 is 2.00 bits per heavy atom. The number of hydrogen-bond acceptors (Lipinski definition) is 6. The maximum Gasteiger partial charge on any atom is 0.262 e. The number of benzene rings is 1. The van der Waals surface area contributed by atoms with Crippen LogP contribution in [-0.4, -0.2) is 56.0 Å². The Balaban J connectivity index is 2.09. The van der Waals surface area contributed by atoms with Crippen molar-refractivity contribution in [1.82, 2.24) is 10.2 Å². The van der Waals surface area contributed by atoms with Crippen molar-refractivity contribution in [2.75, 3.05) is 38.1 Å². The Labute approximate surface area is 146 Å². The predicted molar refractivity (Wildman–Crippen MR) is 89.6 cm³/mol. The number of nitrogens with one attached hydrogen (secondary N) is 1. The highest BCUT2D eigenvalue weighted by Gasteiger charge is 2.30. The van der Waals surface area contributed by atoms with Crippen molar-refractivity contribution < 1.29 is 14.3 Å². The monoisotopic (exact) mass is 341 g/mol. The van der Waals surface area contributed by atoms with Crippen LogP contribution in [0.2, 0.25) is 0 Å². The Bertz CT molecular complexity index is 706. The van der Waals surface area contributed by atoms with Crippen LogP contribution in [0.3, 0.4) is 0 Å². The summed E-state index contributed by atoms with van der Waals surface area (Å²) in [6.45, 7) is 0.445. The lowest BCUT2D eigenvalue weighted by atomic mass is 10.1. The lowest BCUT2D eigenvalue weighted by molar-refractivity contribution is -0.129. The number of carbonyl (C=O) groups excluding carboxylic acids is 2. The molecule has 2 rings (SSSR count). The van der Waals surface area contributed by atoms with Gasteiger partial charge in [-0.15, -0.1) is 0 Å². The molecule has 1 atom stereocenters. The summed E-state index contributed by atoms with van der Waals surface area (Å²) >= 11 is 0. The topological polar surface area (TPSA) is 109 Å². The molecule has 25 heavy (non-hydrogen) atoms. The fraction of sp³-hybridized carbons (Fsp3) is 0.412. The molecule has 0 aromatic heterocycles. The van der Waals surface area contributed by atoms with Gasteiger partial charge >= 0.3 is 0 Å². The molecule has 8 heteroatoms. The number of nitrogens with zero attached hydrogens (tertiary/aromatic N) is 4. The van der Waals surface area contributed by atoms with E-state index in [1.54, 1.807) is 13.1 Å². The first-order valence-corrected chi connectivity index (χ1v) is 7.84. The van der Waals surface area contributed by atoms with Crippen molar-refractivity contribution in [3.63, 3.8) is 0 Å². The second-order valence-electron chi connectivity index (χ2n) is 5.45. The van der Waals surface area contributed by atoms with Gasteiger partial charge in [-0.05, 0) is 12.1 Å². The van der Waals surface area contributed by atoms with Crippen LogP contribution in [0.5, 0.6) is 5.75 Å². The maximum absolute atomic E-state index is 12.2. The molecule has 1 unspecified atom stereocenters. The predicted octanol–water partition coefficient (Wildman–Crippen LogP) is 0.266. The summed E-state index contributed by atoms with van der Waals surface area (Å²) < 4.78 is 5.71. The zero-order chi connectivity index (χ0) is 18.2. The molecule has 0 radical (unpaired) electrons. The zero-order valence-corrected chi connectivity index (χ0v) is 13.9. The second-order valence-corrected chi connectivity index (χ2v) is 5.45. The minimum Gasteiger partial charge on any atom is -0.477 e. The third kappa shape index (κ3) is 4.39. The van der Waals surface area contributed by atoms with Gasteiger partial charge in [-0.3, -0.25) is 9.59 Å². The van der Waals surface area contributed by atoms with Crippen LogP contribution in [0.1, 0.15) is 6.42 Å². The van der Waals surface area contributed by atoms with Gasteiger partial charge in [0.1, 0.15) is 18.8 Å². The van der Waals surface area contributed by atoms with E-state index in [4.69, 9.17) is 15.3 Å². The van der Waals surface area contributed by atoms with Crippen molar-refractivity contribution in [3.05, 3.63) is 24.3 Å². The molecule has 8 nitrogen and oxygen atoms in total. The molecule has 0 spiro atoms. The van der Waals surface area contributed by atoms with E-state index in [9.17, 15) is 9.59 Å². The SMILES string of the molecule is CNC(=O)C1CN(CCC(=O)N(CC#N)CC#N)c2ccccc2O1.